The lowest BCUT2D eigenvalue weighted by atomic mass is 10.1. The van der Waals surface area contributed by atoms with E-state index in [0.717, 1.165) is 4.90 Å². The van der Waals surface area contributed by atoms with Crippen molar-refractivity contribution in [1.29, 1.82) is 0 Å². The molecule has 0 unspecified atom stereocenters. The smallest absolute Gasteiger partial charge is 0.323 e. The second-order valence-corrected chi connectivity index (χ2v) is 7.74. The van der Waals surface area contributed by atoms with Crippen molar-refractivity contribution < 1.29 is 18.0 Å². The van der Waals surface area contributed by atoms with Gasteiger partial charge in [-0.3, -0.25) is 4.79 Å². The van der Waals surface area contributed by atoms with Gasteiger partial charge in [-0.05, 0) is 30.3 Å². The minimum absolute atomic E-state index is 0.114. The summed E-state index contributed by atoms with van der Waals surface area (Å²) in [6.07, 6.45) is -4.50. The number of amides is 1. The number of aromatic nitrogens is 2. The van der Waals surface area contributed by atoms with Gasteiger partial charge in [-0.1, -0.05) is 46.9 Å². The first-order chi connectivity index (χ1) is 13.6. The fraction of sp³-hybridized carbons (Fsp3) is 0.158. The third kappa shape index (κ3) is 3.82. The first kappa shape index (κ1) is 20.1. The van der Waals surface area contributed by atoms with E-state index < -0.39 is 18.6 Å². The molecular formula is C19H11Cl3F3N3O. The molecular weight excluding hydrogens is 450 g/mol. The van der Waals surface area contributed by atoms with Crippen molar-refractivity contribution in [2.75, 3.05) is 6.54 Å². The summed E-state index contributed by atoms with van der Waals surface area (Å²) in [6.45, 7) is -1.59. The number of nitrogens with zero attached hydrogens (tertiary/aromatic N) is 3. The predicted octanol–water partition coefficient (Wildman–Crippen LogP) is 6.02. The highest BCUT2D eigenvalue weighted by molar-refractivity contribution is 6.35. The molecule has 0 N–H and O–H groups in total. The number of halogens is 6. The van der Waals surface area contributed by atoms with Crippen LogP contribution in [-0.2, 0) is 6.54 Å². The molecule has 10 heteroatoms. The van der Waals surface area contributed by atoms with Gasteiger partial charge < -0.3 is 4.90 Å². The van der Waals surface area contributed by atoms with E-state index in [1.165, 1.54) is 10.7 Å². The average Bonchev–Trinajstić information content (AvgIpc) is 3.11. The molecule has 0 fully saturated rings. The zero-order chi connectivity index (χ0) is 20.9. The van der Waals surface area contributed by atoms with Gasteiger partial charge in [0.1, 0.15) is 6.54 Å². The van der Waals surface area contributed by atoms with E-state index in [1.807, 2.05) is 0 Å². The second kappa shape index (κ2) is 7.23. The summed E-state index contributed by atoms with van der Waals surface area (Å²) in [5.41, 5.74) is 1.72. The fourth-order valence-corrected chi connectivity index (χ4v) is 3.87. The van der Waals surface area contributed by atoms with Crippen molar-refractivity contribution in [1.82, 2.24) is 14.7 Å². The lowest BCUT2D eigenvalue weighted by molar-refractivity contribution is -0.141. The molecule has 4 rings (SSSR count). The van der Waals surface area contributed by atoms with Crippen LogP contribution in [0, 0.1) is 0 Å². The SMILES string of the molecule is O=C1c2c(nn(-c3ccc(Cl)cc3Cl)c2-c2ccc(Cl)cc2)CN1CC(F)(F)F. The molecule has 4 nitrogen and oxygen atoms in total. The Labute approximate surface area is 178 Å². The fourth-order valence-electron chi connectivity index (χ4n) is 3.26. The van der Waals surface area contributed by atoms with Crippen LogP contribution < -0.4 is 0 Å². The molecule has 0 atom stereocenters. The van der Waals surface area contributed by atoms with E-state index in [0.29, 0.717) is 27.0 Å². The second-order valence-electron chi connectivity index (χ2n) is 6.46. The molecule has 150 valence electrons. The molecule has 2 heterocycles. The normalized spacial score (nSPS) is 13.9. The molecule has 0 aliphatic carbocycles. The Kier molecular flexibility index (Phi) is 5.01. The van der Waals surface area contributed by atoms with E-state index >= 15 is 0 Å². The number of fused-ring (bicyclic) bond motifs is 1. The van der Waals surface area contributed by atoms with Gasteiger partial charge in [0, 0.05) is 15.6 Å². The number of alkyl halides is 3. The maximum atomic E-state index is 12.8. The van der Waals surface area contributed by atoms with Crippen LogP contribution in [0.1, 0.15) is 16.1 Å². The Morgan fingerprint density at radius 1 is 1.00 bits per heavy atom. The first-order valence-electron chi connectivity index (χ1n) is 8.33. The van der Waals surface area contributed by atoms with Crippen molar-refractivity contribution >= 4 is 40.7 Å². The third-order valence-electron chi connectivity index (χ3n) is 4.43. The van der Waals surface area contributed by atoms with E-state index in [1.54, 1.807) is 36.4 Å². The monoisotopic (exact) mass is 459 g/mol. The Morgan fingerprint density at radius 3 is 2.28 bits per heavy atom. The van der Waals surface area contributed by atoms with Gasteiger partial charge in [0.25, 0.3) is 5.91 Å². The summed E-state index contributed by atoms with van der Waals surface area (Å²) in [7, 11) is 0. The molecule has 0 saturated heterocycles. The van der Waals surface area contributed by atoms with Gasteiger partial charge in [0.2, 0.25) is 0 Å². The maximum Gasteiger partial charge on any atom is 0.406 e. The molecule has 3 aromatic rings. The van der Waals surface area contributed by atoms with Crippen LogP contribution in [0.3, 0.4) is 0 Å². The zero-order valence-electron chi connectivity index (χ0n) is 14.5. The van der Waals surface area contributed by atoms with Crippen LogP contribution >= 0.6 is 34.8 Å². The van der Waals surface area contributed by atoms with Crippen LogP contribution in [0.25, 0.3) is 16.9 Å². The highest BCUT2D eigenvalue weighted by Crippen LogP contribution is 2.37. The van der Waals surface area contributed by atoms with E-state index in [9.17, 15) is 18.0 Å². The largest absolute Gasteiger partial charge is 0.406 e. The quantitative estimate of drug-likeness (QED) is 0.479. The lowest BCUT2D eigenvalue weighted by Crippen LogP contribution is -2.34. The third-order valence-corrected chi connectivity index (χ3v) is 5.22. The average molecular weight is 461 g/mol. The van der Waals surface area contributed by atoms with E-state index in [-0.39, 0.29) is 22.8 Å². The van der Waals surface area contributed by atoms with Crippen LogP contribution in [0.15, 0.2) is 42.5 Å². The minimum Gasteiger partial charge on any atom is -0.323 e. The van der Waals surface area contributed by atoms with Gasteiger partial charge in [-0.15, -0.1) is 0 Å². The molecule has 1 aliphatic rings. The van der Waals surface area contributed by atoms with E-state index in [2.05, 4.69) is 5.10 Å². The molecule has 1 aliphatic heterocycles. The van der Waals surface area contributed by atoms with Crippen molar-refractivity contribution in [2.45, 2.75) is 12.7 Å². The Morgan fingerprint density at radius 2 is 1.66 bits per heavy atom. The Bertz CT molecular complexity index is 1110. The van der Waals surface area contributed by atoms with Gasteiger partial charge in [0.15, 0.2) is 0 Å². The zero-order valence-corrected chi connectivity index (χ0v) is 16.7. The summed E-state index contributed by atoms with van der Waals surface area (Å²) < 4.78 is 40.0. The van der Waals surface area contributed by atoms with Crippen molar-refractivity contribution in [3.63, 3.8) is 0 Å². The summed E-state index contributed by atoms with van der Waals surface area (Å²) in [5.74, 6) is -0.737. The van der Waals surface area contributed by atoms with Crippen LogP contribution in [0.2, 0.25) is 15.1 Å². The van der Waals surface area contributed by atoms with Crippen molar-refractivity contribution in [2.24, 2.45) is 0 Å². The predicted molar refractivity (Wildman–Crippen MR) is 105 cm³/mol. The van der Waals surface area contributed by atoms with Gasteiger partial charge in [-0.2, -0.15) is 18.3 Å². The molecule has 1 amide bonds. The minimum atomic E-state index is -4.50. The standard InChI is InChI=1S/C19H11Cl3F3N3O/c20-11-3-1-10(2-4-11)17-16-14(8-27(18(16)29)9-19(23,24)25)26-28(17)15-6-5-12(21)7-13(15)22/h1-7H,8-9H2. The Balaban J connectivity index is 1.89. The van der Waals surface area contributed by atoms with E-state index in [4.69, 9.17) is 34.8 Å². The van der Waals surface area contributed by atoms with Crippen LogP contribution in [0.4, 0.5) is 13.2 Å². The highest BCUT2D eigenvalue weighted by atomic mass is 35.5. The van der Waals surface area contributed by atoms with Crippen molar-refractivity contribution in [3.05, 3.63) is 68.8 Å². The summed E-state index contributed by atoms with van der Waals surface area (Å²) in [4.78, 5) is 13.5. The number of rotatable bonds is 3. The van der Waals surface area contributed by atoms with Gasteiger partial charge >= 0.3 is 6.18 Å². The lowest BCUT2D eigenvalue weighted by Gasteiger charge is -2.19. The molecule has 0 spiro atoms. The molecule has 0 radical (unpaired) electrons. The highest BCUT2D eigenvalue weighted by Gasteiger charge is 2.41. The van der Waals surface area contributed by atoms with Gasteiger partial charge in [-0.25, -0.2) is 4.68 Å². The van der Waals surface area contributed by atoms with Crippen LogP contribution in [-0.4, -0.2) is 33.3 Å². The molecule has 29 heavy (non-hydrogen) atoms. The molecule has 1 aromatic heterocycles. The maximum absolute atomic E-state index is 12.8. The number of hydrogen-bond donors (Lipinski definition) is 0. The molecule has 0 bridgehead atoms. The number of carbonyl (C=O) groups is 1. The summed E-state index contributed by atoms with van der Waals surface area (Å²) in [5, 5.41) is 5.59. The number of benzene rings is 2. The van der Waals surface area contributed by atoms with Crippen LogP contribution in [0.5, 0.6) is 0 Å². The number of hydrogen-bond acceptors (Lipinski definition) is 2. The summed E-state index contributed by atoms with van der Waals surface area (Å²) in [6, 6.07) is 11.3. The molecule has 2 aromatic carbocycles. The Hall–Kier alpha value is -2.22. The van der Waals surface area contributed by atoms with Gasteiger partial charge in [0.05, 0.1) is 34.2 Å². The first-order valence-corrected chi connectivity index (χ1v) is 9.47. The topological polar surface area (TPSA) is 38.1 Å². The number of carbonyl (C=O) groups excluding carboxylic acids is 1. The van der Waals surface area contributed by atoms with Crippen molar-refractivity contribution in [3.8, 4) is 16.9 Å². The summed E-state index contributed by atoms with van der Waals surface area (Å²) >= 11 is 18.2. The molecule has 0 saturated carbocycles.